The van der Waals surface area contributed by atoms with Crippen LogP contribution in [0.5, 0.6) is 0 Å². The maximum Gasteiger partial charge on any atom is 0.203 e. The fourth-order valence-electron chi connectivity index (χ4n) is 2.13. The van der Waals surface area contributed by atoms with Crippen LogP contribution < -0.4 is 5.62 Å². The average Bonchev–Trinajstić information content (AvgIpc) is 2.55. The van der Waals surface area contributed by atoms with Crippen molar-refractivity contribution < 1.29 is 4.79 Å². The summed E-state index contributed by atoms with van der Waals surface area (Å²) in [6, 6.07) is 7.86. The molecule has 1 aromatic heterocycles. The van der Waals surface area contributed by atoms with Crippen LogP contribution in [0.3, 0.4) is 0 Å². The number of hydrogen-bond acceptors (Lipinski definition) is 2. The van der Waals surface area contributed by atoms with Gasteiger partial charge in [-0.3, -0.25) is 10.2 Å². The number of benzene rings is 1. The molecule has 1 heterocycles. The summed E-state index contributed by atoms with van der Waals surface area (Å²) in [7, 11) is 0. The number of imidazole rings is 1. The van der Waals surface area contributed by atoms with Gasteiger partial charge in [-0.2, -0.15) is 0 Å². The molecular weight excluding hydrogens is 214 g/mol. The Morgan fingerprint density at radius 2 is 1.82 bits per heavy atom. The van der Waals surface area contributed by atoms with Crippen molar-refractivity contribution >= 4 is 16.8 Å². The Bertz CT molecular complexity index is 607. The Hall–Kier alpha value is -1.84. The maximum absolute atomic E-state index is 11.3. The van der Waals surface area contributed by atoms with Crippen LogP contribution in [-0.2, 0) is 17.9 Å². The molecule has 1 N–H and O–H groups in total. The lowest BCUT2D eigenvalue weighted by Crippen LogP contribution is -2.26. The van der Waals surface area contributed by atoms with Crippen LogP contribution in [0.4, 0.5) is 0 Å². The molecule has 0 atom stereocenters. The molecule has 0 amide bonds. The number of rotatable bonds is 4. The summed E-state index contributed by atoms with van der Waals surface area (Å²) in [5, 5.41) is 8.15. The van der Waals surface area contributed by atoms with E-state index >= 15 is 0 Å². The number of fused-ring (bicyclic) bond motifs is 1. The number of Topliss-reactive ketones (excluding diaryl/α,β-unsaturated/α-hetero) is 1. The molecular formula is C13H17N3O. The van der Waals surface area contributed by atoms with Gasteiger partial charge in [0.2, 0.25) is 5.62 Å². The van der Waals surface area contributed by atoms with Crippen LogP contribution >= 0.6 is 0 Å². The maximum atomic E-state index is 11.3. The molecule has 0 aliphatic rings. The summed E-state index contributed by atoms with van der Waals surface area (Å²) in [4.78, 5) is 11.3. The minimum atomic E-state index is 0.0721. The molecule has 4 nitrogen and oxygen atoms in total. The predicted octanol–water partition coefficient (Wildman–Crippen LogP) is 1.92. The number of ketones is 1. The molecule has 0 saturated heterocycles. The number of para-hydroxylation sites is 2. The van der Waals surface area contributed by atoms with Crippen molar-refractivity contribution in [1.29, 1.82) is 5.41 Å². The second kappa shape index (κ2) is 4.57. The second-order valence-electron chi connectivity index (χ2n) is 4.25. The fraction of sp³-hybridized carbons (Fsp3) is 0.385. The average molecular weight is 231 g/mol. The Kier molecular flexibility index (Phi) is 3.13. The topological polar surface area (TPSA) is 50.8 Å². The van der Waals surface area contributed by atoms with Crippen molar-refractivity contribution in [3.05, 3.63) is 29.9 Å². The predicted molar refractivity (Wildman–Crippen MR) is 66.8 cm³/mol. The zero-order valence-corrected chi connectivity index (χ0v) is 10.2. The highest BCUT2D eigenvalue weighted by molar-refractivity contribution is 5.80. The van der Waals surface area contributed by atoms with E-state index in [1.807, 2.05) is 28.8 Å². The van der Waals surface area contributed by atoms with Crippen molar-refractivity contribution in [3.8, 4) is 0 Å². The number of nitrogens with zero attached hydrogens (tertiary/aromatic N) is 2. The summed E-state index contributed by atoms with van der Waals surface area (Å²) in [6.07, 6.45) is 0.977. The molecule has 4 heteroatoms. The molecule has 0 radical (unpaired) electrons. The van der Waals surface area contributed by atoms with Gasteiger partial charge in [-0.05, 0) is 25.5 Å². The Morgan fingerprint density at radius 1 is 1.24 bits per heavy atom. The molecule has 0 saturated carbocycles. The van der Waals surface area contributed by atoms with E-state index in [2.05, 4.69) is 6.92 Å². The minimum Gasteiger partial charge on any atom is -0.310 e. The minimum absolute atomic E-state index is 0.0721. The van der Waals surface area contributed by atoms with E-state index < -0.39 is 0 Å². The van der Waals surface area contributed by atoms with Gasteiger partial charge >= 0.3 is 0 Å². The van der Waals surface area contributed by atoms with Gasteiger partial charge in [0.05, 0.1) is 17.6 Å². The van der Waals surface area contributed by atoms with E-state index in [9.17, 15) is 4.79 Å². The molecule has 0 unspecified atom stereocenters. The third-order valence-corrected chi connectivity index (χ3v) is 2.80. The van der Waals surface area contributed by atoms with Crippen LogP contribution in [0, 0.1) is 5.41 Å². The highest BCUT2D eigenvalue weighted by Crippen LogP contribution is 2.12. The van der Waals surface area contributed by atoms with Gasteiger partial charge in [-0.1, -0.05) is 19.1 Å². The van der Waals surface area contributed by atoms with Gasteiger partial charge in [-0.25, -0.2) is 0 Å². The van der Waals surface area contributed by atoms with Gasteiger partial charge in [0, 0.05) is 6.54 Å². The Morgan fingerprint density at radius 3 is 2.35 bits per heavy atom. The van der Waals surface area contributed by atoms with E-state index in [0.29, 0.717) is 5.62 Å². The van der Waals surface area contributed by atoms with Crippen LogP contribution in [0.2, 0.25) is 0 Å². The highest BCUT2D eigenvalue weighted by Gasteiger charge is 2.10. The summed E-state index contributed by atoms with van der Waals surface area (Å²) in [5.74, 6) is 0.0721. The summed E-state index contributed by atoms with van der Waals surface area (Å²) in [6.45, 7) is 4.72. The van der Waals surface area contributed by atoms with E-state index in [1.54, 1.807) is 11.5 Å². The lowest BCUT2D eigenvalue weighted by atomic mass is 10.3. The summed E-state index contributed by atoms with van der Waals surface area (Å²) in [5.41, 5.74) is 2.39. The molecule has 0 fully saturated rings. The first-order chi connectivity index (χ1) is 8.15. The van der Waals surface area contributed by atoms with Gasteiger partial charge in [0.1, 0.15) is 5.78 Å². The highest BCUT2D eigenvalue weighted by atomic mass is 16.1. The number of carbonyl (C=O) groups excluding carboxylic acids is 1. The number of aryl methyl sites for hydroxylation is 1. The van der Waals surface area contributed by atoms with Crippen LogP contribution in [0.1, 0.15) is 20.3 Å². The quantitative estimate of drug-likeness (QED) is 0.858. The van der Waals surface area contributed by atoms with Gasteiger partial charge in [0.15, 0.2) is 0 Å². The molecule has 2 rings (SSSR count). The number of carbonyl (C=O) groups is 1. The van der Waals surface area contributed by atoms with E-state index in [0.717, 1.165) is 24.0 Å². The fourth-order valence-corrected chi connectivity index (χ4v) is 2.13. The van der Waals surface area contributed by atoms with Crippen molar-refractivity contribution in [3.63, 3.8) is 0 Å². The Labute approximate surface area is 100.0 Å². The third kappa shape index (κ3) is 2.02. The largest absolute Gasteiger partial charge is 0.310 e. The number of aromatic nitrogens is 2. The number of nitrogens with one attached hydrogen (secondary N) is 1. The zero-order chi connectivity index (χ0) is 12.4. The standard InChI is InChI=1S/C13H17N3O/c1-3-8-15-11-6-4-5-7-12(11)16(13(15)14)9-10(2)17/h4-7,14H,3,8-9H2,1-2H3. The van der Waals surface area contributed by atoms with Crippen LogP contribution in [0.15, 0.2) is 24.3 Å². The van der Waals surface area contributed by atoms with Crippen LogP contribution in [-0.4, -0.2) is 14.9 Å². The monoisotopic (exact) mass is 231 g/mol. The smallest absolute Gasteiger partial charge is 0.203 e. The van der Waals surface area contributed by atoms with Crippen LogP contribution in [0.25, 0.3) is 11.0 Å². The lowest BCUT2D eigenvalue weighted by Gasteiger charge is -2.01. The normalized spacial score (nSPS) is 10.9. The SMILES string of the molecule is CCCn1c(=N)n(CC(C)=O)c2ccccc21. The van der Waals surface area contributed by atoms with Crippen molar-refractivity contribution in [2.45, 2.75) is 33.4 Å². The molecule has 0 aliphatic carbocycles. The molecule has 2 aromatic rings. The number of hydrogen-bond donors (Lipinski definition) is 1. The molecule has 0 aliphatic heterocycles. The first-order valence-electron chi connectivity index (χ1n) is 5.87. The molecule has 17 heavy (non-hydrogen) atoms. The van der Waals surface area contributed by atoms with Gasteiger partial charge in [-0.15, -0.1) is 0 Å². The van der Waals surface area contributed by atoms with Crippen molar-refractivity contribution in [1.82, 2.24) is 9.13 Å². The lowest BCUT2D eigenvalue weighted by molar-refractivity contribution is -0.117. The second-order valence-corrected chi connectivity index (χ2v) is 4.25. The summed E-state index contributed by atoms with van der Waals surface area (Å²) < 4.78 is 3.73. The first kappa shape index (κ1) is 11.6. The molecule has 0 spiro atoms. The first-order valence-corrected chi connectivity index (χ1v) is 5.87. The van der Waals surface area contributed by atoms with E-state index in [-0.39, 0.29) is 12.3 Å². The summed E-state index contributed by atoms with van der Waals surface area (Å²) >= 11 is 0. The molecule has 0 bridgehead atoms. The van der Waals surface area contributed by atoms with Gasteiger partial charge < -0.3 is 9.13 Å². The van der Waals surface area contributed by atoms with E-state index in [4.69, 9.17) is 5.41 Å². The third-order valence-electron chi connectivity index (χ3n) is 2.80. The van der Waals surface area contributed by atoms with Crippen molar-refractivity contribution in [2.24, 2.45) is 0 Å². The molecule has 90 valence electrons. The van der Waals surface area contributed by atoms with Crippen molar-refractivity contribution in [2.75, 3.05) is 0 Å². The van der Waals surface area contributed by atoms with E-state index in [1.165, 1.54) is 0 Å². The zero-order valence-electron chi connectivity index (χ0n) is 10.2. The molecule has 1 aromatic carbocycles. The van der Waals surface area contributed by atoms with Gasteiger partial charge in [0.25, 0.3) is 0 Å². The Balaban J connectivity index is 2.70.